The Hall–Kier alpha value is -0.120. The van der Waals surface area contributed by atoms with Gasteiger partial charge < -0.3 is 15.2 Å². The number of rotatable bonds is 4. The first kappa shape index (κ1) is 9.96. The topological polar surface area (TPSA) is 41.5 Å². The van der Waals surface area contributed by atoms with Crippen LogP contribution in [0.15, 0.2) is 0 Å². The standard InChI is InChI=1S/C9H19NO2/c1-7(2)10-5-8-3-4-9(6-11)12-8/h7-11H,3-6H2,1-2H3/t8-,9+/m0/s1. The van der Waals surface area contributed by atoms with E-state index in [9.17, 15) is 0 Å². The molecule has 12 heavy (non-hydrogen) atoms. The zero-order chi connectivity index (χ0) is 8.97. The van der Waals surface area contributed by atoms with Crippen molar-refractivity contribution in [3.63, 3.8) is 0 Å². The second-order valence-electron chi connectivity index (χ2n) is 3.70. The van der Waals surface area contributed by atoms with Crippen LogP contribution in [0.25, 0.3) is 0 Å². The van der Waals surface area contributed by atoms with Gasteiger partial charge >= 0.3 is 0 Å². The molecule has 1 fully saturated rings. The summed E-state index contributed by atoms with van der Waals surface area (Å²) in [5.41, 5.74) is 0. The molecule has 1 aliphatic rings. The fourth-order valence-corrected chi connectivity index (χ4v) is 1.43. The van der Waals surface area contributed by atoms with E-state index >= 15 is 0 Å². The molecule has 1 saturated heterocycles. The van der Waals surface area contributed by atoms with Crippen LogP contribution in [0.3, 0.4) is 0 Å². The van der Waals surface area contributed by atoms with Gasteiger partial charge in [-0.2, -0.15) is 0 Å². The van der Waals surface area contributed by atoms with E-state index in [2.05, 4.69) is 19.2 Å². The Morgan fingerprint density at radius 2 is 2.08 bits per heavy atom. The molecule has 0 aliphatic carbocycles. The molecule has 0 aromatic rings. The van der Waals surface area contributed by atoms with Crippen LogP contribution < -0.4 is 5.32 Å². The Morgan fingerprint density at radius 1 is 1.42 bits per heavy atom. The van der Waals surface area contributed by atoms with Gasteiger partial charge in [0.2, 0.25) is 0 Å². The molecule has 72 valence electrons. The van der Waals surface area contributed by atoms with Crippen LogP contribution in [0.1, 0.15) is 26.7 Å². The summed E-state index contributed by atoms with van der Waals surface area (Å²) >= 11 is 0. The Balaban J connectivity index is 2.11. The van der Waals surface area contributed by atoms with Crippen LogP contribution in [0.2, 0.25) is 0 Å². The minimum Gasteiger partial charge on any atom is -0.394 e. The summed E-state index contributed by atoms with van der Waals surface area (Å²) in [6, 6.07) is 0.516. The molecule has 2 N–H and O–H groups in total. The lowest BCUT2D eigenvalue weighted by molar-refractivity contribution is 0.0117. The first-order chi connectivity index (χ1) is 5.72. The SMILES string of the molecule is CC(C)NC[C@@H]1CC[C@H](CO)O1. The van der Waals surface area contributed by atoms with Gasteiger partial charge in [0.25, 0.3) is 0 Å². The van der Waals surface area contributed by atoms with Crippen LogP contribution in [0.4, 0.5) is 0 Å². The van der Waals surface area contributed by atoms with Gasteiger partial charge in [0, 0.05) is 12.6 Å². The van der Waals surface area contributed by atoms with Gasteiger partial charge in [-0.3, -0.25) is 0 Å². The maximum Gasteiger partial charge on any atom is 0.0811 e. The van der Waals surface area contributed by atoms with Gasteiger partial charge in [0.15, 0.2) is 0 Å². The molecular weight excluding hydrogens is 154 g/mol. The molecule has 1 heterocycles. The second kappa shape index (κ2) is 4.80. The van der Waals surface area contributed by atoms with Crippen LogP contribution in [0, 0.1) is 0 Å². The minimum atomic E-state index is 0.0870. The number of hydrogen-bond acceptors (Lipinski definition) is 3. The second-order valence-corrected chi connectivity index (χ2v) is 3.70. The summed E-state index contributed by atoms with van der Waals surface area (Å²) in [7, 11) is 0. The summed E-state index contributed by atoms with van der Waals surface area (Å²) in [5.74, 6) is 0. The summed E-state index contributed by atoms with van der Waals surface area (Å²) in [5, 5.41) is 12.1. The lowest BCUT2D eigenvalue weighted by Gasteiger charge is -2.14. The third-order valence-electron chi connectivity index (χ3n) is 2.15. The van der Waals surface area contributed by atoms with Crippen LogP contribution in [-0.2, 0) is 4.74 Å². The van der Waals surface area contributed by atoms with Crippen molar-refractivity contribution in [3.8, 4) is 0 Å². The first-order valence-electron chi connectivity index (χ1n) is 4.72. The first-order valence-corrected chi connectivity index (χ1v) is 4.72. The lowest BCUT2D eigenvalue weighted by Crippen LogP contribution is -2.32. The van der Waals surface area contributed by atoms with Gasteiger partial charge in [0.05, 0.1) is 18.8 Å². The van der Waals surface area contributed by atoms with Crippen molar-refractivity contribution < 1.29 is 9.84 Å². The van der Waals surface area contributed by atoms with Gasteiger partial charge in [-0.1, -0.05) is 13.8 Å². The number of ether oxygens (including phenoxy) is 1. The molecule has 2 atom stereocenters. The number of nitrogens with one attached hydrogen (secondary N) is 1. The highest BCUT2D eigenvalue weighted by atomic mass is 16.5. The van der Waals surface area contributed by atoms with Crippen molar-refractivity contribution in [2.24, 2.45) is 0 Å². The quantitative estimate of drug-likeness (QED) is 0.651. The van der Waals surface area contributed by atoms with Crippen LogP contribution in [-0.4, -0.2) is 36.5 Å². The normalized spacial score (nSPS) is 30.0. The Labute approximate surface area is 74.1 Å². The number of aliphatic hydroxyl groups excluding tert-OH is 1. The molecule has 0 unspecified atom stereocenters. The molecule has 0 bridgehead atoms. The average molecular weight is 173 g/mol. The highest BCUT2D eigenvalue weighted by Gasteiger charge is 2.23. The van der Waals surface area contributed by atoms with E-state index in [0.29, 0.717) is 12.1 Å². The summed E-state index contributed by atoms with van der Waals surface area (Å²) in [6.45, 7) is 5.32. The van der Waals surface area contributed by atoms with Gasteiger partial charge in [0.1, 0.15) is 0 Å². The molecule has 0 aromatic heterocycles. The maximum atomic E-state index is 8.82. The van der Waals surface area contributed by atoms with Crippen molar-refractivity contribution in [1.82, 2.24) is 5.32 Å². The molecule has 0 amide bonds. The molecule has 0 saturated carbocycles. The predicted octanol–water partition coefficient (Wildman–Crippen LogP) is 0.524. The summed E-state index contributed by atoms with van der Waals surface area (Å²) < 4.78 is 5.55. The Kier molecular flexibility index (Phi) is 3.98. The molecule has 0 aromatic carbocycles. The maximum absolute atomic E-state index is 8.82. The number of aliphatic hydroxyl groups is 1. The van der Waals surface area contributed by atoms with Gasteiger partial charge in [-0.05, 0) is 12.8 Å². The minimum absolute atomic E-state index is 0.0870. The summed E-state index contributed by atoms with van der Waals surface area (Å²) in [4.78, 5) is 0. The number of hydrogen-bond donors (Lipinski definition) is 2. The van der Waals surface area contributed by atoms with Gasteiger partial charge in [-0.15, -0.1) is 0 Å². The molecular formula is C9H19NO2. The van der Waals surface area contributed by atoms with Crippen LogP contribution in [0.5, 0.6) is 0 Å². The molecule has 3 heteroatoms. The molecule has 3 nitrogen and oxygen atoms in total. The smallest absolute Gasteiger partial charge is 0.0811 e. The third-order valence-corrected chi connectivity index (χ3v) is 2.15. The zero-order valence-electron chi connectivity index (χ0n) is 7.92. The molecule has 1 aliphatic heterocycles. The van der Waals surface area contributed by atoms with E-state index in [-0.39, 0.29) is 12.7 Å². The molecule has 0 radical (unpaired) electrons. The van der Waals surface area contributed by atoms with E-state index in [1.54, 1.807) is 0 Å². The van der Waals surface area contributed by atoms with Crippen molar-refractivity contribution in [1.29, 1.82) is 0 Å². The highest BCUT2D eigenvalue weighted by molar-refractivity contribution is 4.75. The van der Waals surface area contributed by atoms with Gasteiger partial charge in [-0.25, -0.2) is 0 Å². The Bertz CT molecular complexity index is 128. The highest BCUT2D eigenvalue weighted by Crippen LogP contribution is 2.18. The fourth-order valence-electron chi connectivity index (χ4n) is 1.43. The zero-order valence-corrected chi connectivity index (χ0v) is 7.92. The summed E-state index contributed by atoms with van der Waals surface area (Å²) in [6.07, 6.45) is 2.47. The molecule has 0 spiro atoms. The van der Waals surface area contributed by atoms with E-state index in [4.69, 9.17) is 9.84 Å². The van der Waals surface area contributed by atoms with Crippen molar-refractivity contribution in [3.05, 3.63) is 0 Å². The van der Waals surface area contributed by atoms with E-state index in [1.807, 2.05) is 0 Å². The van der Waals surface area contributed by atoms with E-state index < -0.39 is 0 Å². The third kappa shape index (κ3) is 3.09. The lowest BCUT2D eigenvalue weighted by atomic mass is 10.2. The fraction of sp³-hybridized carbons (Fsp3) is 1.00. The monoisotopic (exact) mass is 173 g/mol. The van der Waals surface area contributed by atoms with Crippen molar-refractivity contribution >= 4 is 0 Å². The average Bonchev–Trinajstić information content (AvgIpc) is 2.48. The molecule has 1 rings (SSSR count). The van der Waals surface area contributed by atoms with E-state index in [0.717, 1.165) is 19.4 Å². The van der Waals surface area contributed by atoms with Crippen molar-refractivity contribution in [2.45, 2.75) is 44.9 Å². The Morgan fingerprint density at radius 3 is 2.58 bits per heavy atom. The largest absolute Gasteiger partial charge is 0.394 e. The predicted molar refractivity (Wildman–Crippen MR) is 48.1 cm³/mol. The van der Waals surface area contributed by atoms with Crippen LogP contribution >= 0.6 is 0 Å². The van der Waals surface area contributed by atoms with E-state index in [1.165, 1.54) is 0 Å². The van der Waals surface area contributed by atoms with Crippen molar-refractivity contribution in [2.75, 3.05) is 13.2 Å².